The van der Waals surface area contributed by atoms with E-state index in [9.17, 15) is 14.4 Å². The third-order valence-electron chi connectivity index (χ3n) is 3.42. The van der Waals surface area contributed by atoms with Crippen molar-refractivity contribution in [3.8, 4) is 6.07 Å². The van der Waals surface area contributed by atoms with Gasteiger partial charge in [0.2, 0.25) is 0 Å². The van der Waals surface area contributed by atoms with Crippen molar-refractivity contribution < 1.29 is 28.6 Å². The largest absolute Gasteiger partial charge is 0.461 e. The predicted molar refractivity (Wildman–Crippen MR) is 106 cm³/mol. The van der Waals surface area contributed by atoms with Gasteiger partial charge in [-0.2, -0.15) is 5.26 Å². The van der Waals surface area contributed by atoms with Crippen LogP contribution in [0.4, 0.5) is 0 Å². The highest BCUT2D eigenvalue weighted by atomic mass is 16.6. The lowest BCUT2D eigenvalue weighted by molar-refractivity contribution is -0.157. The van der Waals surface area contributed by atoms with Crippen molar-refractivity contribution in [2.75, 3.05) is 19.8 Å². The Morgan fingerprint density at radius 3 is 1.25 bits per heavy atom. The molecule has 0 aromatic heterocycles. The fourth-order valence-corrected chi connectivity index (χ4v) is 1.46. The summed E-state index contributed by atoms with van der Waals surface area (Å²) in [5, 5.41) is 7.51. The van der Waals surface area contributed by atoms with E-state index in [0.717, 1.165) is 0 Å². The van der Waals surface area contributed by atoms with Gasteiger partial charge in [0.25, 0.3) is 0 Å². The highest BCUT2D eigenvalue weighted by molar-refractivity contribution is 5.88. The van der Waals surface area contributed by atoms with Crippen molar-refractivity contribution in [3.63, 3.8) is 0 Å². The van der Waals surface area contributed by atoms with E-state index >= 15 is 0 Å². The van der Waals surface area contributed by atoms with Gasteiger partial charge in [-0.1, -0.05) is 33.2 Å². The molecule has 0 atom stereocenters. The van der Waals surface area contributed by atoms with Gasteiger partial charge in [0.05, 0.1) is 11.5 Å². The fraction of sp³-hybridized carbons (Fsp3) is 0.429. The molecule has 28 heavy (non-hydrogen) atoms. The first kappa shape index (κ1) is 27.1. The molecule has 0 aromatic rings. The highest BCUT2D eigenvalue weighted by Gasteiger charge is 2.34. The molecule has 0 aliphatic heterocycles. The van der Waals surface area contributed by atoms with E-state index in [1.807, 2.05) is 6.92 Å². The van der Waals surface area contributed by atoms with Crippen molar-refractivity contribution in [2.24, 2.45) is 5.41 Å². The van der Waals surface area contributed by atoms with E-state index in [4.69, 9.17) is 19.5 Å². The van der Waals surface area contributed by atoms with E-state index in [1.54, 1.807) is 6.07 Å². The Morgan fingerprint density at radius 2 is 1.11 bits per heavy atom. The minimum absolute atomic E-state index is 0.0812. The van der Waals surface area contributed by atoms with Gasteiger partial charge in [-0.25, -0.2) is 14.4 Å². The first-order valence-corrected chi connectivity index (χ1v) is 8.44. The van der Waals surface area contributed by atoms with Crippen LogP contribution in [0.2, 0.25) is 0 Å². The molecular formula is C21H29NO6. The normalized spacial score (nSPS) is 9.54. The maximum absolute atomic E-state index is 11.6. The van der Waals surface area contributed by atoms with Crippen LogP contribution in [-0.2, 0) is 28.6 Å². The summed E-state index contributed by atoms with van der Waals surface area (Å²) in [5.41, 5.74) is -0.116. The number of carbonyl (C=O) groups is 3. The number of nitriles is 1. The second-order valence-corrected chi connectivity index (χ2v) is 6.26. The molecule has 0 heterocycles. The number of allylic oxidation sites excluding steroid dienone is 1. The average Bonchev–Trinajstić information content (AvgIpc) is 2.66. The van der Waals surface area contributed by atoms with Gasteiger partial charge >= 0.3 is 17.9 Å². The summed E-state index contributed by atoms with van der Waals surface area (Å²) in [7, 11) is 0. The maximum atomic E-state index is 11.6. The number of rotatable bonds is 10. The summed E-state index contributed by atoms with van der Waals surface area (Å²) in [6.07, 6.45) is 1.63. The maximum Gasteiger partial charge on any atom is 0.333 e. The van der Waals surface area contributed by atoms with Gasteiger partial charge in [-0.05, 0) is 27.2 Å². The van der Waals surface area contributed by atoms with E-state index in [-0.39, 0.29) is 36.5 Å². The zero-order valence-electron chi connectivity index (χ0n) is 17.1. The smallest absolute Gasteiger partial charge is 0.333 e. The summed E-state index contributed by atoms with van der Waals surface area (Å²) in [6.45, 7) is 19.8. The summed E-state index contributed by atoms with van der Waals surface area (Å²) in [6, 6.07) is 1.69. The van der Waals surface area contributed by atoms with Gasteiger partial charge in [0.15, 0.2) is 0 Å². The number of nitrogens with zero attached hydrogens (tertiary/aromatic N) is 1. The van der Waals surface area contributed by atoms with Crippen LogP contribution >= 0.6 is 0 Å². The second-order valence-electron chi connectivity index (χ2n) is 6.26. The van der Waals surface area contributed by atoms with Crippen molar-refractivity contribution in [3.05, 3.63) is 49.1 Å². The van der Waals surface area contributed by atoms with Crippen LogP contribution in [0.5, 0.6) is 0 Å². The molecule has 0 unspecified atom stereocenters. The lowest BCUT2D eigenvalue weighted by Crippen LogP contribution is -2.39. The van der Waals surface area contributed by atoms with Crippen molar-refractivity contribution in [1.29, 1.82) is 5.26 Å². The summed E-state index contributed by atoms with van der Waals surface area (Å²) in [5.74, 6) is -1.69. The third-order valence-corrected chi connectivity index (χ3v) is 3.42. The quantitative estimate of drug-likeness (QED) is 0.243. The molecule has 154 valence electrons. The zero-order chi connectivity index (χ0) is 22.3. The number of hydrogen-bond donors (Lipinski definition) is 0. The van der Waals surface area contributed by atoms with Gasteiger partial charge in [-0.15, -0.1) is 0 Å². The van der Waals surface area contributed by atoms with Gasteiger partial charge in [0, 0.05) is 22.8 Å². The van der Waals surface area contributed by atoms with E-state index < -0.39 is 23.3 Å². The van der Waals surface area contributed by atoms with Gasteiger partial charge in [-0.3, -0.25) is 0 Å². The SMILES string of the molecule is C=C(C)C(=O)OCC(CC)(COC(=O)C(=C)C)COC(=O)C(=C)C.C=CC#N. The standard InChI is InChI=1S/C18H26O6.C3H3N/c1-8-18(9-22-15(19)12(2)3,10-23-16(20)13(4)5)11-24-17(21)14(6)7;1-2-3-4/h2,4,6,8-11H2,1,3,5,7H3;2H,1H2. The number of hydrogen-bond acceptors (Lipinski definition) is 7. The van der Waals surface area contributed by atoms with Crippen LogP contribution in [0.3, 0.4) is 0 Å². The molecule has 0 amide bonds. The number of esters is 3. The Bertz CT molecular complexity index is 595. The molecule has 0 aliphatic rings. The first-order valence-electron chi connectivity index (χ1n) is 8.44. The van der Waals surface area contributed by atoms with Crippen LogP contribution in [0.25, 0.3) is 0 Å². The number of ether oxygens (including phenoxy) is 3. The lowest BCUT2D eigenvalue weighted by Gasteiger charge is -2.31. The van der Waals surface area contributed by atoms with E-state index in [0.29, 0.717) is 6.42 Å². The zero-order valence-corrected chi connectivity index (χ0v) is 17.1. The van der Waals surface area contributed by atoms with Crippen LogP contribution in [0.1, 0.15) is 34.1 Å². The van der Waals surface area contributed by atoms with Crippen LogP contribution in [0, 0.1) is 16.7 Å². The van der Waals surface area contributed by atoms with Crippen molar-refractivity contribution in [1.82, 2.24) is 0 Å². The summed E-state index contributed by atoms with van der Waals surface area (Å²) < 4.78 is 15.5. The summed E-state index contributed by atoms with van der Waals surface area (Å²) >= 11 is 0. The second kappa shape index (κ2) is 14.0. The molecular weight excluding hydrogens is 362 g/mol. The molecule has 0 N–H and O–H groups in total. The molecule has 0 saturated carbocycles. The molecule has 7 nitrogen and oxygen atoms in total. The molecule has 0 spiro atoms. The fourth-order valence-electron chi connectivity index (χ4n) is 1.46. The third kappa shape index (κ3) is 11.5. The molecule has 0 fully saturated rings. The van der Waals surface area contributed by atoms with Gasteiger partial charge in [0.1, 0.15) is 19.8 Å². The minimum Gasteiger partial charge on any atom is -0.461 e. The molecule has 0 bridgehead atoms. The predicted octanol–water partition coefficient (Wildman–Crippen LogP) is 3.44. The van der Waals surface area contributed by atoms with E-state index in [2.05, 4.69) is 26.3 Å². The molecule has 0 aliphatic carbocycles. The average molecular weight is 391 g/mol. The molecule has 0 radical (unpaired) electrons. The topological polar surface area (TPSA) is 103 Å². The Labute approximate surface area is 167 Å². The van der Waals surface area contributed by atoms with Crippen LogP contribution in [0.15, 0.2) is 49.1 Å². The first-order chi connectivity index (χ1) is 13.0. The molecule has 7 heteroatoms. The monoisotopic (exact) mass is 391 g/mol. The molecule has 0 aromatic carbocycles. The van der Waals surface area contributed by atoms with Gasteiger partial charge < -0.3 is 14.2 Å². The molecule has 0 rings (SSSR count). The Balaban J connectivity index is 0. The Kier molecular flexibility index (Phi) is 13.5. The highest BCUT2D eigenvalue weighted by Crippen LogP contribution is 2.25. The lowest BCUT2D eigenvalue weighted by atomic mass is 9.88. The minimum atomic E-state index is -0.860. The Morgan fingerprint density at radius 1 is 0.857 bits per heavy atom. The van der Waals surface area contributed by atoms with Crippen molar-refractivity contribution >= 4 is 17.9 Å². The van der Waals surface area contributed by atoms with Crippen molar-refractivity contribution in [2.45, 2.75) is 34.1 Å². The summed E-state index contributed by atoms with van der Waals surface area (Å²) in [4.78, 5) is 34.9. The molecule has 0 saturated heterocycles. The Hall–Kier alpha value is -3.14. The van der Waals surface area contributed by atoms with E-state index in [1.165, 1.54) is 26.8 Å². The number of carbonyl (C=O) groups excluding carboxylic acids is 3. The van der Waals surface area contributed by atoms with Crippen LogP contribution < -0.4 is 0 Å². The van der Waals surface area contributed by atoms with Crippen LogP contribution in [-0.4, -0.2) is 37.7 Å².